The Morgan fingerprint density at radius 2 is 2.00 bits per heavy atom. The lowest BCUT2D eigenvalue weighted by Gasteiger charge is -2.26. The van der Waals surface area contributed by atoms with E-state index in [0.29, 0.717) is 6.04 Å². The predicted molar refractivity (Wildman–Crippen MR) is 76.6 cm³/mol. The molecule has 0 bridgehead atoms. The lowest BCUT2D eigenvalue weighted by Crippen LogP contribution is -2.26. The summed E-state index contributed by atoms with van der Waals surface area (Å²) >= 11 is 0. The zero-order valence-corrected chi connectivity index (χ0v) is 11.8. The number of nitrogens with zero attached hydrogens (tertiary/aromatic N) is 2. The summed E-state index contributed by atoms with van der Waals surface area (Å²) in [6.45, 7) is 7.94. The van der Waals surface area contributed by atoms with E-state index >= 15 is 0 Å². The Balaban J connectivity index is 2.91. The van der Waals surface area contributed by atoms with E-state index in [2.05, 4.69) is 48.3 Å². The molecular weight excluding hydrogens is 222 g/mol. The van der Waals surface area contributed by atoms with Gasteiger partial charge in [0, 0.05) is 25.3 Å². The summed E-state index contributed by atoms with van der Waals surface area (Å²) in [7, 11) is 2.05. The summed E-state index contributed by atoms with van der Waals surface area (Å²) in [5.41, 5.74) is 2.49. The fourth-order valence-electron chi connectivity index (χ4n) is 2.17. The summed E-state index contributed by atoms with van der Waals surface area (Å²) in [6.07, 6.45) is 0. The normalized spacial score (nSPS) is 13.7. The van der Waals surface area contributed by atoms with Gasteiger partial charge in [-0.1, -0.05) is 25.1 Å². The highest BCUT2D eigenvalue weighted by Crippen LogP contribution is 2.25. The van der Waals surface area contributed by atoms with Crippen molar-refractivity contribution in [2.75, 3.05) is 25.0 Å². The van der Waals surface area contributed by atoms with Gasteiger partial charge in [0.05, 0.1) is 12.0 Å². The van der Waals surface area contributed by atoms with Gasteiger partial charge in [-0.15, -0.1) is 0 Å². The van der Waals surface area contributed by atoms with E-state index in [-0.39, 0.29) is 5.92 Å². The third kappa shape index (κ3) is 3.75. The third-order valence-electron chi connectivity index (χ3n) is 3.09. The number of rotatable bonds is 6. The molecule has 0 heterocycles. The summed E-state index contributed by atoms with van der Waals surface area (Å²) in [4.78, 5) is 2.16. The van der Waals surface area contributed by atoms with Crippen molar-refractivity contribution in [1.82, 2.24) is 5.32 Å². The molecule has 0 saturated carbocycles. The summed E-state index contributed by atoms with van der Waals surface area (Å²) < 4.78 is 0. The molecule has 2 unspecified atom stereocenters. The first-order valence-corrected chi connectivity index (χ1v) is 6.53. The van der Waals surface area contributed by atoms with Crippen molar-refractivity contribution in [3.63, 3.8) is 0 Å². The lowest BCUT2D eigenvalue weighted by molar-refractivity contribution is 0.595. The van der Waals surface area contributed by atoms with Gasteiger partial charge in [0.15, 0.2) is 0 Å². The van der Waals surface area contributed by atoms with Crippen LogP contribution in [0.5, 0.6) is 0 Å². The van der Waals surface area contributed by atoms with Gasteiger partial charge in [0.25, 0.3) is 0 Å². The van der Waals surface area contributed by atoms with Gasteiger partial charge in [-0.3, -0.25) is 0 Å². The van der Waals surface area contributed by atoms with Gasteiger partial charge in [0.2, 0.25) is 0 Å². The second-order valence-electron chi connectivity index (χ2n) is 4.75. The SMILES string of the molecule is CCNC(C)c1ccccc1N(C)CC(C)C#N. The highest BCUT2D eigenvalue weighted by molar-refractivity contribution is 5.54. The quantitative estimate of drug-likeness (QED) is 0.837. The Hall–Kier alpha value is -1.53. The van der Waals surface area contributed by atoms with Crippen LogP contribution < -0.4 is 10.2 Å². The maximum atomic E-state index is 8.90. The Labute approximate surface area is 110 Å². The number of hydrogen-bond donors (Lipinski definition) is 1. The minimum absolute atomic E-state index is 0.0393. The van der Waals surface area contributed by atoms with Crippen LogP contribution >= 0.6 is 0 Å². The summed E-state index contributed by atoms with van der Waals surface area (Å²) in [6, 6.07) is 11.0. The Kier molecular flexibility index (Phi) is 5.67. The van der Waals surface area contributed by atoms with Crippen LogP contribution in [-0.2, 0) is 0 Å². The molecule has 0 amide bonds. The van der Waals surface area contributed by atoms with E-state index < -0.39 is 0 Å². The maximum absolute atomic E-state index is 8.90. The van der Waals surface area contributed by atoms with Crippen molar-refractivity contribution < 1.29 is 0 Å². The molecule has 0 aromatic heterocycles. The van der Waals surface area contributed by atoms with Crippen LogP contribution in [0.4, 0.5) is 5.69 Å². The highest BCUT2D eigenvalue weighted by atomic mass is 15.1. The Morgan fingerprint density at radius 3 is 2.61 bits per heavy atom. The molecule has 18 heavy (non-hydrogen) atoms. The van der Waals surface area contributed by atoms with Gasteiger partial charge >= 0.3 is 0 Å². The van der Waals surface area contributed by atoms with E-state index in [4.69, 9.17) is 5.26 Å². The monoisotopic (exact) mass is 245 g/mol. The van der Waals surface area contributed by atoms with Gasteiger partial charge < -0.3 is 10.2 Å². The molecule has 0 aliphatic carbocycles. The van der Waals surface area contributed by atoms with Crippen LogP contribution in [0.3, 0.4) is 0 Å². The first kappa shape index (κ1) is 14.5. The fourth-order valence-corrected chi connectivity index (χ4v) is 2.17. The average Bonchev–Trinajstić information content (AvgIpc) is 2.38. The first-order valence-electron chi connectivity index (χ1n) is 6.53. The van der Waals surface area contributed by atoms with E-state index in [9.17, 15) is 0 Å². The molecule has 3 nitrogen and oxygen atoms in total. The van der Waals surface area contributed by atoms with Crippen LogP contribution in [0.15, 0.2) is 24.3 Å². The van der Waals surface area contributed by atoms with Crippen molar-refractivity contribution in [2.45, 2.75) is 26.8 Å². The smallest absolute Gasteiger partial charge is 0.0671 e. The zero-order valence-electron chi connectivity index (χ0n) is 11.8. The van der Waals surface area contributed by atoms with Gasteiger partial charge in [-0.2, -0.15) is 5.26 Å². The van der Waals surface area contributed by atoms with Crippen molar-refractivity contribution in [1.29, 1.82) is 5.26 Å². The third-order valence-corrected chi connectivity index (χ3v) is 3.09. The average molecular weight is 245 g/mol. The second-order valence-corrected chi connectivity index (χ2v) is 4.75. The molecule has 2 atom stereocenters. The molecule has 0 aliphatic heterocycles. The summed E-state index contributed by atoms with van der Waals surface area (Å²) in [5.74, 6) is 0.0393. The molecule has 3 heteroatoms. The second kappa shape index (κ2) is 7.03. The Morgan fingerprint density at radius 1 is 1.33 bits per heavy atom. The van der Waals surface area contributed by atoms with Gasteiger partial charge in [0.1, 0.15) is 0 Å². The molecule has 0 aliphatic rings. The molecule has 1 aromatic carbocycles. The highest BCUT2D eigenvalue weighted by Gasteiger charge is 2.13. The largest absolute Gasteiger partial charge is 0.373 e. The molecule has 98 valence electrons. The first-order chi connectivity index (χ1) is 8.60. The Bertz CT molecular complexity index is 408. The van der Waals surface area contributed by atoms with E-state index in [1.165, 1.54) is 11.3 Å². The van der Waals surface area contributed by atoms with Crippen molar-refractivity contribution in [3.05, 3.63) is 29.8 Å². The van der Waals surface area contributed by atoms with Crippen molar-refractivity contribution in [2.24, 2.45) is 5.92 Å². The van der Waals surface area contributed by atoms with Crippen LogP contribution in [0, 0.1) is 17.2 Å². The van der Waals surface area contributed by atoms with Gasteiger partial charge in [-0.25, -0.2) is 0 Å². The molecular formula is C15H23N3. The van der Waals surface area contributed by atoms with E-state index in [0.717, 1.165) is 13.1 Å². The number of nitrogens with one attached hydrogen (secondary N) is 1. The van der Waals surface area contributed by atoms with E-state index in [1.54, 1.807) is 0 Å². The predicted octanol–water partition coefficient (Wildman–Crippen LogP) is 2.95. The molecule has 1 aromatic rings. The zero-order chi connectivity index (χ0) is 13.5. The molecule has 1 rings (SSSR count). The molecule has 0 fully saturated rings. The van der Waals surface area contributed by atoms with Crippen LogP contribution in [0.25, 0.3) is 0 Å². The van der Waals surface area contributed by atoms with Crippen molar-refractivity contribution in [3.8, 4) is 6.07 Å². The number of para-hydroxylation sites is 1. The lowest BCUT2D eigenvalue weighted by atomic mass is 10.0. The van der Waals surface area contributed by atoms with Crippen molar-refractivity contribution >= 4 is 5.69 Å². The van der Waals surface area contributed by atoms with E-state index in [1.807, 2.05) is 20.0 Å². The number of benzene rings is 1. The standard InChI is InChI=1S/C15H23N3/c1-5-17-13(3)14-8-6-7-9-15(14)18(4)11-12(2)10-16/h6-9,12-13,17H,5,11H2,1-4H3. The molecule has 0 saturated heterocycles. The fraction of sp³-hybridized carbons (Fsp3) is 0.533. The topological polar surface area (TPSA) is 39.1 Å². The molecule has 0 spiro atoms. The molecule has 0 radical (unpaired) electrons. The van der Waals surface area contributed by atoms with Crippen LogP contribution in [-0.4, -0.2) is 20.1 Å². The maximum Gasteiger partial charge on any atom is 0.0671 e. The minimum Gasteiger partial charge on any atom is -0.373 e. The van der Waals surface area contributed by atoms with Crippen LogP contribution in [0.2, 0.25) is 0 Å². The number of anilines is 1. The number of nitriles is 1. The van der Waals surface area contributed by atoms with Gasteiger partial charge in [-0.05, 0) is 32.0 Å². The summed E-state index contributed by atoms with van der Waals surface area (Å²) in [5, 5.41) is 12.3. The minimum atomic E-state index is 0.0393. The molecule has 1 N–H and O–H groups in total. The number of hydrogen-bond acceptors (Lipinski definition) is 3. The van der Waals surface area contributed by atoms with Crippen LogP contribution in [0.1, 0.15) is 32.4 Å².